The summed E-state index contributed by atoms with van der Waals surface area (Å²) < 4.78 is 0. The normalized spacial score (nSPS) is 31.9. The van der Waals surface area contributed by atoms with Crippen molar-refractivity contribution in [2.24, 2.45) is 22.0 Å². The minimum atomic E-state index is -1.23. The number of rotatable bonds is 3. The molecule has 1 aromatic rings. The van der Waals surface area contributed by atoms with Gasteiger partial charge in [0, 0.05) is 36.1 Å². The first kappa shape index (κ1) is 16.4. The zero-order valence-corrected chi connectivity index (χ0v) is 13.8. The Hall–Kier alpha value is -2.41. The molecular weight excluding hydrogens is 310 g/mol. The van der Waals surface area contributed by atoms with Crippen LogP contribution >= 0.6 is 0 Å². The molecule has 0 unspecified atom stereocenters. The zero-order valence-electron chi connectivity index (χ0n) is 13.8. The Bertz CT molecular complexity index is 765. The second kappa shape index (κ2) is 5.59. The molecule has 0 radical (unpaired) electrons. The average Bonchev–Trinajstić information content (AvgIpc) is 2.85. The summed E-state index contributed by atoms with van der Waals surface area (Å²) in [6, 6.07) is 6.16. The summed E-state index contributed by atoms with van der Waals surface area (Å²) in [7, 11) is 0. The van der Waals surface area contributed by atoms with Crippen molar-refractivity contribution in [3.8, 4) is 0 Å². The maximum Gasteiger partial charge on any atom is 0.269 e. The number of non-ortho nitro benzene ring substituents is 1. The Balaban J connectivity index is 2.11. The van der Waals surface area contributed by atoms with E-state index in [2.05, 4.69) is 10.2 Å². The number of carbonyl (C=O) groups is 1. The second-order valence-electron chi connectivity index (χ2n) is 6.81. The predicted molar refractivity (Wildman–Crippen MR) is 89.3 cm³/mol. The number of hydrogen-bond donors (Lipinski definition) is 1. The summed E-state index contributed by atoms with van der Waals surface area (Å²) in [5.41, 5.74) is 1.10. The first-order valence-electron chi connectivity index (χ1n) is 7.80. The highest BCUT2D eigenvalue weighted by molar-refractivity contribution is 6.12. The lowest BCUT2D eigenvalue weighted by Crippen LogP contribution is -2.53. The molecule has 1 fully saturated rings. The molecule has 1 aliphatic heterocycles. The molecule has 2 aliphatic rings. The van der Waals surface area contributed by atoms with Crippen LogP contribution < -0.4 is 0 Å². The average molecular weight is 329 g/mol. The number of Topliss-reactive ketones (excluding diaryl/α,β-unsaturated/α-hetero) is 1. The van der Waals surface area contributed by atoms with Gasteiger partial charge in [-0.3, -0.25) is 14.9 Å². The lowest BCUT2D eigenvalue weighted by molar-refractivity contribution is -0.384. The fourth-order valence-electron chi connectivity index (χ4n) is 4.07. The van der Waals surface area contributed by atoms with Gasteiger partial charge in [0.15, 0.2) is 0 Å². The van der Waals surface area contributed by atoms with Crippen LogP contribution in [0.15, 0.2) is 34.5 Å². The van der Waals surface area contributed by atoms with Crippen molar-refractivity contribution in [2.45, 2.75) is 38.7 Å². The van der Waals surface area contributed by atoms with Gasteiger partial charge in [-0.2, -0.15) is 10.2 Å². The molecule has 0 spiro atoms. The number of benzene rings is 1. The van der Waals surface area contributed by atoms with Gasteiger partial charge >= 0.3 is 0 Å². The summed E-state index contributed by atoms with van der Waals surface area (Å²) in [5.74, 6) is -1.22. The number of aliphatic hydroxyl groups is 1. The number of fused-ring (bicyclic) bond motifs is 1. The van der Waals surface area contributed by atoms with Crippen molar-refractivity contribution in [2.75, 3.05) is 0 Å². The lowest BCUT2D eigenvalue weighted by atomic mass is 9.59. The topological polar surface area (TPSA) is 105 Å². The van der Waals surface area contributed by atoms with Crippen LogP contribution in [0.2, 0.25) is 0 Å². The van der Waals surface area contributed by atoms with Gasteiger partial charge in [-0.25, -0.2) is 0 Å². The Labute approximate surface area is 139 Å². The summed E-state index contributed by atoms with van der Waals surface area (Å²) in [6.07, 6.45) is 0.298. The van der Waals surface area contributed by atoms with Gasteiger partial charge in [-0.1, -0.05) is 12.1 Å². The maximum absolute atomic E-state index is 12.3. The van der Waals surface area contributed by atoms with E-state index in [1.165, 1.54) is 19.1 Å². The number of hydrogen-bond acceptors (Lipinski definition) is 6. The van der Waals surface area contributed by atoms with Crippen LogP contribution in [0.5, 0.6) is 0 Å². The molecule has 1 saturated carbocycles. The van der Waals surface area contributed by atoms with E-state index >= 15 is 0 Å². The van der Waals surface area contributed by atoms with Gasteiger partial charge in [0.25, 0.3) is 5.69 Å². The SMILES string of the molecule is CC(=O)[C@@H]1[C@H](c2ccc([N+](=O)[O-])cc2)[C@@H]2C(C)=NN=C2C[C@@]1(C)O. The van der Waals surface area contributed by atoms with Crippen molar-refractivity contribution in [1.82, 2.24) is 0 Å². The molecule has 0 bridgehead atoms. The highest BCUT2D eigenvalue weighted by Gasteiger charge is 2.53. The van der Waals surface area contributed by atoms with E-state index in [-0.39, 0.29) is 23.3 Å². The largest absolute Gasteiger partial charge is 0.389 e. The molecule has 126 valence electrons. The molecule has 7 nitrogen and oxygen atoms in total. The third kappa shape index (κ3) is 2.54. The Morgan fingerprint density at radius 3 is 2.50 bits per heavy atom. The van der Waals surface area contributed by atoms with E-state index in [9.17, 15) is 20.0 Å². The molecule has 3 rings (SSSR count). The summed E-state index contributed by atoms with van der Waals surface area (Å²) >= 11 is 0. The van der Waals surface area contributed by atoms with Crippen LogP contribution in [-0.4, -0.2) is 32.8 Å². The van der Waals surface area contributed by atoms with Gasteiger partial charge in [0.2, 0.25) is 0 Å². The minimum Gasteiger partial charge on any atom is -0.389 e. The molecule has 4 atom stereocenters. The molecule has 24 heavy (non-hydrogen) atoms. The first-order valence-corrected chi connectivity index (χ1v) is 7.80. The van der Waals surface area contributed by atoms with E-state index in [0.29, 0.717) is 6.42 Å². The highest BCUT2D eigenvalue weighted by atomic mass is 16.6. The van der Waals surface area contributed by atoms with Crippen LogP contribution in [-0.2, 0) is 4.79 Å². The van der Waals surface area contributed by atoms with E-state index < -0.39 is 16.4 Å². The molecule has 1 aromatic carbocycles. The quantitative estimate of drug-likeness (QED) is 0.679. The van der Waals surface area contributed by atoms with Crippen LogP contribution in [0.25, 0.3) is 0 Å². The number of nitrogens with zero attached hydrogens (tertiary/aromatic N) is 3. The number of carbonyl (C=O) groups excluding carboxylic acids is 1. The smallest absolute Gasteiger partial charge is 0.269 e. The summed E-state index contributed by atoms with van der Waals surface area (Å²) in [5, 5.41) is 30.0. The highest BCUT2D eigenvalue weighted by Crippen LogP contribution is 2.48. The molecule has 0 aromatic heterocycles. The van der Waals surface area contributed by atoms with Crippen molar-refractivity contribution in [3.05, 3.63) is 39.9 Å². The molecule has 1 heterocycles. The zero-order chi connectivity index (χ0) is 17.6. The van der Waals surface area contributed by atoms with Crippen LogP contribution in [0.3, 0.4) is 0 Å². The Kier molecular flexibility index (Phi) is 3.83. The lowest BCUT2D eigenvalue weighted by Gasteiger charge is -2.45. The van der Waals surface area contributed by atoms with Crippen molar-refractivity contribution in [3.63, 3.8) is 0 Å². The monoisotopic (exact) mass is 329 g/mol. The third-order valence-corrected chi connectivity index (χ3v) is 5.00. The fourth-order valence-corrected chi connectivity index (χ4v) is 4.07. The summed E-state index contributed by atoms with van der Waals surface area (Å²) in [6.45, 7) is 4.97. The third-order valence-electron chi connectivity index (χ3n) is 5.00. The second-order valence-corrected chi connectivity index (χ2v) is 6.81. The van der Waals surface area contributed by atoms with Gasteiger partial charge < -0.3 is 5.11 Å². The maximum atomic E-state index is 12.3. The van der Waals surface area contributed by atoms with Crippen LogP contribution in [0.4, 0.5) is 5.69 Å². The van der Waals surface area contributed by atoms with Gasteiger partial charge in [0.1, 0.15) is 5.78 Å². The molecular formula is C17H19N3O4. The van der Waals surface area contributed by atoms with E-state index in [1.54, 1.807) is 19.1 Å². The first-order chi connectivity index (χ1) is 11.2. The standard InChI is InChI=1S/C17H19N3O4/c1-9-14-13(19-18-9)8-17(3,22)16(10(2)21)15(14)11-4-6-12(7-5-11)20(23)24/h4-7,14-16,22H,8H2,1-3H3/t14-,15-,16-,17-/m1/s1. The fraction of sp³-hybridized carbons (Fsp3) is 0.471. The molecule has 7 heteroatoms. The van der Waals surface area contributed by atoms with Gasteiger partial charge in [-0.05, 0) is 26.3 Å². The van der Waals surface area contributed by atoms with Gasteiger partial charge in [0.05, 0.1) is 22.2 Å². The van der Waals surface area contributed by atoms with E-state index in [1.807, 2.05) is 6.92 Å². The Morgan fingerprint density at radius 2 is 1.96 bits per heavy atom. The molecule has 0 amide bonds. The van der Waals surface area contributed by atoms with Gasteiger partial charge in [-0.15, -0.1) is 0 Å². The van der Waals surface area contributed by atoms with E-state index in [0.717, 1.165) is 17.0 Å². The van der Waals surface area contributed by atoms with Crippen LogP contribution in [0.1, 0.15) is 38.7 Å². The summed E-state index contributed by atoms with van der Waals surface area (Å²) in [4.78, 5) is 22.7. The molecule has 1 N–H and O–H groups in total. The van der Waals surface area contributed by atoms with E-state index in [4.69, 9.17) is 0 Å². The van der Waals surface area contributed by atoms with Crippen molar-refractivity contribution in [1.29, 1.82) is 0 Å². The molecule has 0 saturated heterocycles. The number of nitro benzene ring substituents is 1. The van der Waals surface area contributed by atoms with Crippen LogP contribution in [0, 0.1) is 22.0 Å². The number of nitro groups is 1. The van der Waals surface area contributed by atoms with Crippen molar-refractivity contribution >= 4 is 22.9 Å². The molecule has 1 aliphatic carbocycles. The minimum absolute atomic E-state index is 0.00797. The Morgan fingerprint density at radius 1 is 1.33 bits per heavy atom. The van der Waals surface area contributed by atoms with Crippen molar-refractivity contribution < 1.29 is 14.8 Å². The predicted octanol–water partition coefficient (Wildman–Crippen LogP) is 2.49. The number of ketones is 1.